The quantitative estimate of drug-likeness (QED) is 0.603. The van der Waals surface area contributed by atoms with Gasteiger partial charge in [0.15, 0.2) is 17.3 Å². The molecule has 0 aliphatic carbocycles. The smallest absolute Gasteiger partial charge is 0.169 e. The summed E-state index contributed by atoms with van der Waals surface area (Å²) in [5.74, 6) is 2.04. The molecule has 3 heterocycles. The van der Waals surface area contributed by atoms with Crippen molar-refractivity contribution in [3.63, 3.8) is 0 Å². The number of rotatable bonds is 5. The van der Waals surface area contributed by atoms with Crippen LogP contribution < -0.4 is 9.47 Å². The minimum Gasteiger partial charge on any atom is -0.472 e. The highest BCUT2D eigenvalue weighted by Crippen LogP contribution is 2.35. The van der Waals surface area contributed by atoms with Crippen molar-refractivity contribution in [2.45, 2.75) is 18.8 Å². The van der Waals surface area contributed by atoms with E-state index in [9.17, 15) is 4.79 Å². The molecule has 5 heteroatoms. The number of ketones is 1. The highest BCUT2D eigenvalue weighted by Gasteiger charge is 2.24. The summed E-state index contributed by atoms with van der Waals surface area (Å²) in [4.78, 5) is 15.1. The molecule has 5 rings (SSSR count). The zero-order valence-electron chi connectivity index (χ0n) is 15.5. The van der Waals surface area contributed by atoms with E-state index in [-0.39, 0.29) is 5.78 Å². The highest BCUT2D eigenvalue weighted by atomic mass is 16.5. The summed E-state index contributed by atoms with van der Waals surface area (Å²) in [5.41, 5.74) is 2.00. The predicted molar refractivity (Wildman–Crippen MR) is 106 cm³/mol. The Balaban J connectivity index is 1.25. The maximum Gasteiger partial charge on any atom is 0.169 e. The van der Waals surface area contributed by atoms with Crippen molar-refractivity contribution in [3.05, 3.63) is 72.6 Å². The van der Waals surface area contributed by atoms with Crippen molar-refractivity contribution in [2.75, 3.05) is 19.6 Å². The van der Waals surface area contributed by atoms with Crippen molar-refractivity contribution in [1.29, 1.82) is 0 Å². The van der Waals surface area contributed by atoms with E-state index in [1.807, 2.05) is 42.7 Å². The summed E-state index contributed by atoms with van der Waals surface area (Å²) in [6.45, 7) is 2.80. The zero-order chi connectivity index (χ0) is 18.9. The molecule has 1 atom stereocenters. The van der Waals surface area contributed by atoms with Gasteiger partial charge in [-0.25, -0.2) is 0 Å². The first kappa shape index (κ1) is 17.1. The van der Waals surface area contributed by atoms with Crippen molar-refractivity contribution < 1.29 is 18.7 Å². The lowest BCUT2D eigenvalue weighted by atomic mass is 10.0. The Morgan fingerprint density at radius 2 is 1.86 bits per heavy atom. The van der Waals surface area contributed by atoms with Crippen LogP contribution in [0.3, 0.4) is 0 Å². The van der Waals surface area contributed by atoms with Crippen LogP contribution in [0.4, 0.5) is 0 Å². The molecule has 3 aromatic rings. The number of Topliss-reactive ketones (excluding diaryl/α,β-unsaturated/α-hetero) is 1. The van der Waals surface area contributed by atoms with E-state index in [1.165, 1.54) is 18.1 Å². The predicted octanol–water partition coefficient (Wildman–Crippen LogP) is 4.74. The second-order valence-electron chi connectivity index (χ2n) is 7.38. The molecule has 0 bridgehead atoms. The summed E-state index contributed by atoms with van der Waals surface area (Å²) in [5, 5.41) is 2.00. The number of nitrogens with zero attached hydrogens (tertiary/aromatic N) is 1. The number of ether oxygens (including phenoxy) is 2. The molecular weight excluding hydrogens is 354 g/mol. The molecule has 2 aliphatic heterocycles. The minimum absolute atomic E-state index is 0.170. The maximum absolute atomic E-state index is 12.7. The summed E-state index contributed by atoms with van der Waals surface area (Å²) >= 11 is 0. The Bertz CT molecular complexity index is 1040. The Hall–Kier alpha value is -3.05. The molecule has 1 saturated heterocycles. The molecule has 28 heavy (non-hydrogen) atoms. The van der Waals surface area contributed by atoms with Crippen molar-refractivity contribution in [1.82, 2.24) is 4.90 Å². The average Bonchev–Trinajstić information content (AvgIpc) is 3.41. The van der Waals surface area contributed by atoms with Crippen LogP contribution >= 0.6 is 0 Å². The second kappa shape index (κ2) is 7.17. The van der Waals surface area contributed by atoms with Gasteiger partial charge in [-0.3, -0.25) is 4.79 Å². The van der Waals surface area contributed by atoms with Crippen LogP contribution in [-0.2, 0) is 0 Å². The van der Waals surface area contributed by atoms with Gasteiger partial charge in [-0.05, 0) is 53.6 Å². The lowest BCUT2D eigenvalue weighted by Gasteiger charge is -2.15. The molecule has 5 nitrogen and oxygen atoms in total. The van der Waals surface area contributed by atoms with E-state index in [4.69, 9.17) is 13.9 Å². The van der Waals surface area contributed by atoms with E-state index < -0.39 is 0 Å². The Kier molecular flexibility index (Phi) is 4.37. The highest BCUT2D eigenvalue weighted by molar-refractivity contribution is 6.00. The van der Waals surface area contributed by atoms with Crippen LogP contribution in [0.5, 0.6) is 11.5 Å². The van der Waals surface area contributed by atoms with Gasteiger partial charge in [-0.1, -0.05) is 12.1 Å². The molecule has 0 saturated carbocycles. The average molecular weight is 375 g/mol. The number of likely N-dealkylation sites (tertiary alicyclic amines) is 1. The fourth-order valence-electron chi connectivity index (χ4n) is 4.03. The van der Waals surface area contributed by atoms with Gasteiger partial charge in [-0.15, -0.1) is 0 Å². The monoisotopic (exact) mass is 375 g/mol. The maximum atomic E-state index is 12.7. The third kappa shape index (κ3) is 3.29. The summed E-state index contributed by atoms with van der Waals surface area (Å²) in [6.07, 6.45) is 8.23. The standard InChI is InChI=1S/C23H21NO4/c25-21(4-7-24-6-3-18(14-24)19-5-8-26-15-19)17-2-1-16-12-22-23(13-20(16)11-17)28-10-9-27-22/h1-2,5,8-13,15,18H,3-4,6-7,14H2. The van der Waals surface area contributed by atoms with E-state index in [1.54, 1.807) is 6.26 Å². The molecule has 1 unspecified atom stereocenters. The van der Waals surface area contributed by atoms with Gasteiger partial charge in [0.2, 0.25) is 0 Å². The van der Waals surface area contributed by atoms with E-state index in [0.29, 0.717) is 23.8 Å². The topological polar surface area (TPSA) is 51.9 Å². The lowest BCUT2D eigenvalue weighted by Crippen LogP contribution is -2.23. The van der Waals surface area contributed by atoms with E-state index >= 15 is 0 Å². The molecule has 1 fully saturated rings. The van der Waals surface area contributed by atoms with Crippen LogP contribution in [0.2, 0.25) is 0 Å². The first-order valence-electron chi connectivity index (χ1n) is 9.60. The first-order chi connectivity index (χ1) is 13.8. The molecule has 0 amide bonds. The zero-order valence-corrected chi connectivity index (χ0v) is 15.5. The van der Waals surface area contributed by atoms with Crippen LogP contribution in [0, 0.1) is 0 Å². The van der Waals surface area contributed by atoms with Gasteiger partial charge < -0.3 is 18.8 Å². The molecule has 0 spiro atoms. The van der Waals surface area contributed by atoms with Gasteiger partial charge >= 0.3 is 0 Å². The van der Waals surface area contributed by atoms with Gasteiger partial charge in [0, 0.05) is 31.0 Å². The van der Waals surface area contributed by atoms with Gasteiger partial charge in [0.05, 0.1) is 12.5 Å². The fourth-order valence-corrected chi connectivity index (χ4v) is 4.03. The summed E-state index contributed by atoms with van der Waals surface area (Å²) in [6, 6.07) is 11.7. The molecule has 2 aliphatic rings. The van der Waals surface area contributed by atoms with Crippen LogP contribution in [-0.4, -0.2) is 30.3 Å². The third-order valence-corrected chi connectivity index (χ3v) is 5.61. The molecule has 142 valence electrons. The Morgan fingerprint density at radius 1 is 1.04 bits per heavy atom. The van der Waals surface area contributed by atoms with Crippen molar-refractivity contribution >= 4 is 16.6 Å². The molecule has 2 aromatic carbocycles. The first-order valence-corrected chi connectivity index (χ1v) is 9.60. The number of carbonyl (C=O) groups is 1. The number of fused-ring (bicyclic) bond motifs is 2. The largest absolute Gasteiger partial charge is 0.472 e. The van der Waals surface area contributed by atoms with Crippen LogP contribution in [0.1, 0.15) is 34.7 Å². The van der Waals surface area contributed by atoms with Gasteiger partial charge in [0.25, 0.3) is 0 Å². The lowest BCUT2D eigenvalue weighted by molar-refractivity contribution is 0.0969. The fraction of sp³-hybridized carbons (Fsp3) is 0.261. The molecule has 1 aromatic heterocycles. The summed E-state index contributed by atoms with van der Waals surface area (Å²) < 4.78 is 16.1. The van der Waals surface area contributed by atoms with Gasteiger partial charge in [-0.2, -0.15) is 0 Å². The number of hydrogen-bond acceptors (Lipinski definition) is 5. The normalized spacial score (nSPS) is 18.6. The Labute approximate surface area is 163 Å². The molecule has 0 radical (unpaired) electrons. The number of benzene rings is 2. The second-order valence-corrected chi connectivity index (χ2v) is 7.38. The number of hydrogen-bond donors (Lipinski definition) is 0. The van der Waals surface area contributed by atoms with Gasteiger partial charge in [0.1, 0.15) is 12.5 Å². The molecular formula is C23H21NO4. The molecule has 0 N–H and O–H groups in total. The van der Waals surface area contributed by atoms with Crippen LogP contribution in [0.15, 0.2) is 65.9 Å². The number of carbonyl (C=O) groups excluding carboxylic acids is 1. The third-order valence-electron chi connectivity index (χ3n) is 5.61. The number of furan rings is 1. The van der Waals surface area contributed by atoms with Crippen LogP contribution in [0.25, 0.3) is 10.8 Å². The SMILES string of the molecule is O=C(CCN1CCC(c2ccoc2)C1)c1ccc2cc3c(cc2c1)OC=CO3. The van der Waals surface area contributed by atoms with Crippen molar-refractivity contribution in [2.24, 2.45) is 0 Å². The van der Waals surface area contributed by atoms with Crippen molar-refractivity contribution in [3.8, 4) is 11.5 Å². The van der Waals surface area contributed by atoms with E-state index in [0.717, 1.165) is 42.4 Å². The summed E-state index contributed by atoms with van der Waals surface area (Å²) in [7, 11) is 0. The minimum atomic E-state index is 0.170. The van der Waals surface area contributed by atoms with E-state index in [2.05, 4.69) is 4.90 Å². The Morgan fingerprint density at radius 3 is 2.64 bits per heavy atom.